The minimum absolute atomic E-state index is 0.615. The molecule has 4 heteroatoms. The predicted octanol–water partition coefficient (Wildman–Crippen LogP) is 3.18. The van der Waals surface area contributed by atoms with Crippen LogP contribution >= 0.6 is 11.6 Å². The number of hydrogen-bond donors (Lipinski definition) is 1. The Morgan fingerprint density at radius 3 is 2.65 bits per heavy atom. The van der Waals surface area contributed by atoms with Gasteiger partial charge in [-0.15, -0.1) is 0 Å². The number of nitrogens with zero attached hydrogens (tertiary/aromatic N) is 2. The first kappa shape index (κ1) is 14.8. The number of nitrogens with two attached hydrogens (primary N) is 1. The van der Waals surface area contributed by atoms with Gasteiger partial charge >= 0.3 is 0 Å². The summed E-state index contributed by atoms with van der Waals surface area (Å²) in [6.07, 6.45) is 0.821. The van der Waals surface area contributed by atoms with E-state index in [1.165, 1.54) is 5.56 Å². The van der Waals surface area contributed by atoms with Crippen LogP contribution in [0, 0.1) is 6.92 Å². The number of halogens is 1. The van der Waals surface area contributed by atoms with Crippen molar-refractivity contribution in [2.75, 3.05) is 18.5 Å². The number of rotatable bonds is 5. The van der Waals surface area contributed by atoms with Crippen LogP contribution in [-0.4, -0.2) is 18.6 Å². The van der Waals surface area contributed by atoms with E-state index in [0.29, 0.717) is 6.54 Å². The molecule has 0 saturated carbocycles. The number of hydrogen-bond acceptors (Lipinski definition) is 3. The highest BCUT2D eigenvalue weighted by molar-refractivity contribution is 6.33. The lowest BCUT2D eigenvalue weighted by Crippen LogP contribution is -2.20. The molecule has 0 aliphatic rings. The molecule has 0 aliphatic heterocycles. The zero-order valence-corrected chi connectivity index (χ0v) is 12.7. The molecule has 0 saturated heterocycles. The van der Waals surface area contributed by atoms with E-state index in [0.717, 1.165) is 35.1 Å². The summed E-state index contributed by atoms with van der Waals surface area (Å²) >= 11 is 6.35. The molecule has 0 amide bonds. The van der Waals surface area contributed by atoms with Crippen molar-refractivity contribution < 1.29 is 0 Å². The Labute approximate surface area is 125 Å². The lowest BCUT2D eigenvalue weighted by atomic mass is 10.1. The molecule has 0 bridgehead atoms. The van der Waals surface area contributed by atoms with Crippen LogP contribution in [0.25, 0.3) is 0 Å². The summed E-state index contributed by atoms with van der Waals surface area (Å²) < 4.78 is 0. The first-order valence-corrected chi connectivity index (χ1v) is 7.10. The number of aromatic nitrogens is 1. The molecule has 0 unspecified atom stereocenters. The van der Waals surface area contributed by atoms with Gasteiger partial charge in [-0.05, 0) is 43.7 Å². The van der Waals surface area contributed by atoms with E-state index in [-0.39, 0.29) is 0 Å². The Morgan fingerprint density at radius 2 is 1.95 bits per heavy atom. The number of pyridine rings is 1. The van der Waals surface area contributed by atoms with Gasteiger partial charge in [0.05, 0.1) is 22.9 Å². The number of aryl methyl sites for hydroxylation is 1. The summed E-state index contributed by atoms with van der Waals surface area (Å²) in [5.74, 6) is 0. The summed E-state index contributed by atoms with van der Waals surface area (Å²) in [7, 11) is 2.03. The van der Waals surface area contributed by atoms with Crippen molar-refractivity contribution in [3.63, 3.8) is 0 Å². The number of para-hydroxylation sites is 1. The second-order valence-corrected chi connectivity index (χ2v) is 5.32. The van der Waals surface area contributed by atoms with Crippen molar-refractivity contribution in [1.82, 2.24) is 4.98 Å². The van der Waals surface area contributed by atoms with E-state index >= 15 is 0 Å². The molecule has 2 aromatic rings. The molecular weight excluding hydrogens is 270 g/mol. The van der Waals surface area contributed by atoms with Crippen molar-refractivity contribution in [3.8, 4) is 0 Å². The van der Waals surface area contributed by atoms with Crippen LogP contribution in [0.3, 0.4) is 0 Å². The van der Waals surface area contributed by atoms with Crippen LogP contribution < -0.4 is 10.6 Å². The van der Waals surface area contributed by atoms with Gasteiger partial charge in [-0.3, -0.25) is 4.98 Å². The van der Waals surface area contributed by atoms with E-state index in [4.69, 9.17) is 17.3 Å². The van der Waals surface area contributed by atoms with E-state index in [1.54, 1.807) is 0 Å². The number of benzene rings is 1. The molecule has 1 aromatic carbocycles. The predicted molar refractivity (Wildman–Crippen MR) is 85.3 cm³/mol. The fourth-order valence-electron chi connectivity index (χ4n) is 2.35. The fraction of sp³-hybridized carbons (Fsp3) is 0.312. The zero-order valence-electron chi connectivity index (χ0n) is 11.9. The Kier molecular flexibility index (Phi) is 4.99. The largest absolute Gasteiger partial charge is 0.367 e. The Morgan fingerprint density at radius 1 is 1.20 bits per heavy atom. The monoisotopic (exact) mass is 289 g/mol. The lowest BCUT2D eigenvalue weighted by Gasteiger charge is -2.23. The highest BCUT2D eigenvalue weighted by Crippen LogP contribution is 2.30. The van der Waals surface area contributed by atoms with Crippen molar-refractivity contribution in [1.29, 1.82) is 0 Å². The van der Waals surface area contributed by atoms with Gasteiger partial charge < -0.3 is 10.6 Å². The molecule has 106 valence electrons. The molecule has 3 nitrogen and oxygen atoms in total. The average molecular weight is 290 g/mol. The maximum Gasteiger partial charge on any atom is 0.0642 e. The zero-order chi connectivity index (χ0) is 14.5. The molecule has 0 atom stereocenters. The molecule has 1 aromatic heterocycles. The van der Waals surface area contributed by atoms with Gasteiger partial charge in [0.25, 0.3) is 0 Å². The smallest absolute Gasteiger partial charge is 0.0642 e. The summed E-state index contributed by atoms with van der Waals surface area (Å²) in [6, 6.07) is 12.0. The van der Waals surface area contributed by atoms with Gasteiger partial charge in [0, 0.05) is 12.7 Å². The van der Waals surface area contributed by atoms with E-state index in [2.05, 4.69) is 16.0 Å². The normalized spacial score (nSPS) is 10.6. The number of anilines is 1. The summed E-state index contributed by atoms with van der Waals surface area (Å²) in [6.45, 7) is 3.34. The van der Waals surface area contributed by atoms with Gasteiger partial charge in [-0.2, -0.15) is 0 Å². The minimum Gasteiger partial charge on any atom is -0.367 e. The first-order valence-electron chi connectivity index (χ1n) is 6.73. The van der Waals surface area contributed by atoms with Crippen molar-refractivity contribution in [3.05, 3.63) is 58.4 Å². The molecule has 0 fully saturated rings. The molecule has 20 heavy (non-hydrogen) atoms. The van der Waals surface area contributed by atoms with Crippen LogP contribution in [0.4, 0.5) is 5.69 Å². The van der Waals surface area contributed by atoms with Gasteiger partial charge in [-0.25, -0.2) is 0 Å². The van der Waals surface area contributed by atoms with Crippen molar-refractivity contribution in [2.45, 2.75) is 19.9 Å². The fourth-order valence-corrected chi connectivity index (χ4v) is 2.69. The van der Waals surface area contributed by atoms with Gasteiger partial charge in [0.1, 0.15) is 0 Å². The van der Waals surface area contributed by atoms with Gasteiger partial charge in [0.2, 0.25) is 0 Å². The highest BCUT2D eigenvalue weighted by atomic mass is 35.5. The Bertz CT molecular complexity index is 584. The molecule has 2 rings (SSSR count). The SMILES string of the molecule is Cc1cccc(CN(C)c2c(Cl)cccc2CCN)n1. The third-order valence-corrected chi connectivity index (χ3v) is 3.52. The maximum absolute atomic E-state index is 6.35. The maximum atomic E-state index is 6.35. The lowest BCUT2D eigenvalue weighted by molar-refractivity contribution is 0.860. The van der Waals surface area contributed by atoms with Crippen LogP contribution in [0.15, 0.2) is 36.4 Å². The van der Waals surface area contributed by atoms with Crippen molar-refractivity contribution in [2.24, 2.45) is 5.73 Å². The third kappa shape index (κ3) is 3.50. The van der Waals surface area contributed by atoms with E-state index < -0.39 is 0 Å². The van der Waals surface area contributed by atoms with Crippen LogP contribution in [0.1, 0.15) is 17.0 Å². The Hall–Kier alpha value is -1.58. The quantitative estimate of drug-likeness (QED) is 0.919. The summed E-state index contributed by atoms with van der Waals surface area (Å²) in [5.41, 5.74) is 9.96. The van der Waals surface area contributed by atoms with Crippen LogP contribution in [0.2, 0.25) is 5.02 Å². The van der Waals surface area contributed by atoms with Gasteiger partial charge in [0.15, 0.2) is 0 Å². The molecular formula is C16H20ClN3. The first-order chi connectivity index (χ1) is 9.61. The molecule has 0 aliphatic carbocycles. The molecule has 0 spiro atoms. The second-order valence-electron chi connectivity index (χ2n) is 4.91. The Balaban J connectivity index is 2.26. The molecule has 1 heterocycles. The van der Waals surface area contributed by atoms with Crippen LogP contribution in [-0.2, 0) is 13.0 Å². The second kappa shape index (κ2) is 6.73. The summed E-state index contributed by atoms with van der Waals surface area (Å²) in [5, 5.41) is 0.756. The van der Waals surface area contributed by atoms with E-state index in [1.807, 2.05) is 44.3 Å². The topological polar surface area (TPSA) is 42.1 Å². The van der Waals surface area contributed by atoms with Crippen LogP contribution in [0.5, 0.6) is 0 Å². The van der Waals surface area contributed by atoms with E-state index in [9.17, 15) is 0 Å². The molecule has 0 radical (unpaired) electrons. The molecule has 2 N–H and O–H groups in total. The third-order valence-electron chi connectivity index (χ3n) is 3.21. The average Bonchev–Trinajstić information content (AvgIpc) is 2.39. The van der Waals surface area contributed by atoms with Gasteiger partial charge in [-0.1, -0.05) is 29.8 Å². The standard InChI is InChI=1S/C16H20ClN3/c1-12-5-3-7-14(19-12)11-20(2)16-13(9-10-18)6-4-8-15(16)17/h3-8H,9-11,18H2,1-2H3. The summed E-state index contributed by atoms with van der Waals surface area (Å²) in [4.78, 5) is 6.67. The highest BCUT2D eigenvalue weighted by Gasteiger charge is 2.12. The van der Waals surface area contributed by atoms with Crippen molar-refractivity contribution >= 4 is 17.3 Å². The minimum atomic E-state index is 0.615.